The molecule has 3 heterocycles. The Kier molecular flexibility index (Phi) is 4.88. The number of nitrogens with one attached hydrogen (secondary N) is 1. The van der Waals surface area contributed by atoms with Crippen molar-refractivity contribution in [3.05, 3.63) is 89.9 Å². The predicted octanol–water partition coefficient (Wildman–Crippen LogP) is 4.86. The van der Waals surface area contributed by atoms with Crippen molar-refractivity contribution >= 4 is 27.8 Å². The molecule has 2 aromatic carbocycles. The van der Waals surface area contributed by atoms with Crippen LogP contribution in [-0.4, -0.2) is 25.2 Å². The van der Waals surface area contributed by atoms with Gasteiger partial charge in [-0.25, -0.2) is 0 Å². The van der Waals surface area contributed by atoms with Gasteiger partial charge in [0.05, 0.1) is 11.1 Å². The van der Waals surface area contributed by atoms with Gasteiger partial charge in [-0.3, -0.25) is 19.0 Å². The summed E-state index contributed by atoms with van der Waals surface area (Å²) >= 11 is 0. The van der Waals surface area contributed by atoms with Gasteiger partial charge in [0.15, 0.2) is 5.65 Å². The topological polar surface area (TPSA) is 64.7 Å². The Labute approximate surface area is 186 Å². The van der Waals surface area contributed by atoms with E-state index >= 15 is 0 Å². The Bertz CT molecular complexity index is 1470. The van der Waals surface area contributed by atoms with Gasteiger partial charge in [0.25, 0.3) is 5.91 Å². The summed E-state index contributed by atoms with van der Waals surface area (Å²) in [4.78, 5) is 16.7. The molecule has 0 aliphatic heterocycles. The summed E-state index contributed by atoms with van der Waals surface area (Å²) in [5.74, 6) is -0.229. The van der Waals surface area contributed by atoms with Crippen molar-refractivity contribution in [2.45, 2.75) is 12.7 Å². The van der Waals surface area contributed by atoms with Crippen molar-refractivity contribution in [3.8, 4) is 5.69 Å². The van der Waals surface area contributed by atoms with Crippen LogP contribution in [0.5, 0.6) is 0 Å². The Hall–Kier alpha value is -4.14. The van der Waals surface area contributed by atoms with Crippen molar-refractivity contribution < 1.29 is 18.0 Å². The number of nitrogens with zero attached hydrogens (tertiary/aromatic N) is 4. The summed E-state index contributed by atoms with van der Waals surface area (Å²) in [6.45, 7) is 0.369. The van der Waals surface area contributed by atoms with Crippen molar-refractivity contribution in [2.75, 3.05) is 0 Å². The number of aromatic nitrogens is 4. The fourth-order valence-corrected chi connectivity index (χ4v) is 3.88. The fourth-order valence-electron chi connectivity index (χ4n) is 3.88. The summed E-state index contributed by atoms with van der Waals surface area (Å²) in [7, 11) is 1.77. The van der Waals surface area contributed by atoms with E-state index in [1.807, 2.05) is 18.3 Å². The minimum Gasteiger partial charge on any atom is -0.348 e. The average Bonchev–Trinajstić information content (AvgIpc) is 3.32. The first kappa shape index (κ1) is 20.7. The van der Waals surface area contributed by atoms with Crippen LogP contribution in [0.2, 0.25) is 0 Å². The number of benzene rings is 2. The number of aryl methyl sites for hydroxylation is 1. The summed E-state index contributed by atoms with van der Waals surface area (Å²) < 4.78 is 42.4. The molecule has 33 heavy (non-hydrogen) atoms. The highest BCUT2D eigenvalue weighted by atomic mass is 19.4. The third-order valence-corrected chi connectivity index (χ3v) is 5.47. The lowest BCUT2D eigenvalue weighted by Gasteiger charge is -2.10. The van der Waals surface area contributed by atoms with Crippen molar-refractivity contribution in [1.82, 2.24) is 24.6 Å². The standard InChI is InChI=1S/C24H18F3N5O/c1-31-14-20-19-12-16(23(33)29-13-15-8-10-28-11-9-15)2-7-21(19)32(22(20)30-31)18-5-3-17(4-6-18)24(25,26)27/h2-12,14H,13H2,1H3,(H,29,33). The number of alkyl halides is 3. The van der Waals surface area contributed by atoms with E-state index in [9.17, 15) is 18.0 Å². The van der Waals surface area contributed by atoms with Gasteiger partial charge in [0.2, 0.25) is 0 Å². The molecule has 0 aliphatic carbocycles. The van der Waals surface area contributed by atoms with E-state index in [-0.39, 0.29) is 5.91 Å². The molecule has 3 aromatic heterocycles. The summed E-state index contributed by atoms with van der Waals surface area (Å²) in [6.07, 6.45) is 0.750. The molecule has 0 saturated heterocycles. The molecule has 0 fully saturated rings. The lowest BCUT2D eigenvalue weighted by Crippen LogP contribution is -2.22. The number of halogens is 3. The van der Waals surface area contributed by atoms with Gasteiger partial charge in [-0.05, 0) is 60.2 Å². The van der Waals surface area contributed by atoms with Crippen LogP contribution < -0.4 is 5.32 Å². The van der Waals surface area contributed by atoms with Crippen molar-refractivity contribution in [1.29, 1.82) is 0 Å². The van der Waals surface area contributed by atoms with Crippen molar-refractivity contribution in [3.63, 3.8) is 0 Å². The maximum absolute atomic E-state index is 13.0. The molecule has 166 valence electrons. The monoisotopic (exact) mass is 449 g/mol. The van der Waals surface area contributed by atoms with Crippen LogP contribution in [0.4, 0.5) is 13.2 Å². The van der Waals surface area contributed by atoms with E-state index in [2.05, 4.69) is 15.4 Å². The van der Waals surface area contributed by atoms with Gasteiger partial charge >= 0.3 is 6.18 Å². The van der Waals surface area contributed by atoms with Gasteiger partial charge in [0, 0.05) is 54.2 Å². The molecule has 0 radical (unpaired) electrons. The lowest BCUT2D eigenvalue weighted by molar-refractivity contribution is -0.137. The number of pyridine rings is 1. The molecule has 0 saturated carbocycles. The fraction of sp³-hybridized carbons (Fsp3) is 0.125. The quantitative estimate of drug-likeness (QED) is 0.426. The highest BCUT2D eigenvalue weighted by Gasteiger charge is 2.30. The van der Waals surface area contributed by atoms with E-state index in [4.69, 9.17) is 0 Å². The molecule has 0 bridgehead atoms. The normalized spacial score (nSPS) is 11.9. The molecule has 5 rings (SSSR count). The van der Waals surface area contributed by atoms with Gasteiger partial charge in [-0.1, -0.05) is 0 Å². The second kappa shape index (κ2) is 7.77. The third kappa shape index (κ3) is 3.82. The lowest BCUT2D eigenvalue weighted by atomic mass is 10.1. The van der Waals surface area contributed by atoms with E-state index in [1.54, 1.807) is 46.9 Å². The smallest absolute Gasteiger partial charge is 0.348 e. The summed E-state index contributed by atoms with van der Waals surface area (Å²) in [5.41, 5.74) is 2.60. The largest absolute Gasteiger partial charge is 0.416 e. The van der Waals surface area contributed by atoms with Crippen LogP contribution in [0, 0.1) is 0 Å². The zero-order valence-corrected chi connectivity index (χ0v) is 17.5. The van der Waals surface area contributed by atoms with E-state index < -0.39 is 11.7 Å². The molecule has 6 nitrogen and oxygen atoms in total. The molecule has 5 aromatic rings. The molecular weight excluding hydrogens is 431 g/mol. The van der Waals surface area contributed by atoms with Crippen LogP contribution in [0.15, 0.2) is 73.2 Å². The molecule has 0 unspecified atom stereocenters. The number of hydrogen-bond donors (Lipinski definition) is 1. The highest BCUT2D eigenvalue weighted by molar-refractivity contribution is 6.10. The third-order valence-electron chi connectivity index (χ3n) is 5.47. The van der Waals surface area contributed by atoms with Crippen molar-refractivity contribution in [2.24, 2.45) is 7.05 Å². The number of hydrogen-bond acceptors (Lipinski definition) is 3. The van der Waals surface area contributed by atoms with Gasteiger partial charge < -0.3 is 5.32 Å². The Morgan fingerprint density at radius 3 is 2.42 bits per heavy atom. The first-order valence-electron chi connectivity index (χ1n) is 10.1. The summed E-state index contributed by atoms with van der Waals surface area (Å²) in [5, 5.41) is 8.98. The molecule has 0 atom stereocenters. The maximum Gasteiger partial charge on any atom is 0.416 e. The second-order valence-electron chi connectivity index (χ2n) is 7.69. The number of carbonyl (C=O) groups excluding carboxylic acids is 1. The molecule has 1 N–H and O–H groups in total. The molecular formula is C24H18F3N5O. The van der Waals surface area contributed by atoms with Gasteiger partial charge in [0.1, 0.15) is 0 Å². The highest BCUT2D eigenvalue weighted by Crippen LogP contribution is 2.34. The molecule has 0 aliphatic rings. The van der Waals surface area contributed by atoms with Crippen LogP contribution in [-0.2, 0) is 19.8 Å². The first-order chi connectivity index (χ1) is 15.8. The number of fused-ring (bicyclic) bond motifs is 3. The Morgan fingerprint density at radius 1 is 1.00 bits per heavy atom. The second-order valence-corrected chi connectivity index (χ2v) is 7.69. The van der Waals surface area contributed by atoms with E-state index in [1.165, 1.54) is 12.1 Å². The number of rotatable bonds is 4. The minimum atomic E-state index is -4.41. The Balaban J connectivity index is 1.55. The van der Waals surface area contributed by atoms with Gasteiger partial charge in [-0.15, -0.1) is 0 Å². The van der Waals surface area contributed by atoms with Crippen LogP contribution in [0.25, 0.3) is 27.6 Å². The van der Waals surface area contributed by atoms with Gasteiger partial charge in [-0.2, -0.15) is 18.3 Å². The molecule has 1 amide bonds. The predicted molar refractivity (Wildman–Crippen MR) is 118 cm³/mol. The molecule has 0 spiro atoms. The number of amides is 1. The Morgan fingerprint density at radius 2 is 1.73 bits per heavy atom. The van der Waals surface area contributed by atoms with Crippen LogP contribution >= 0.6 is 0 Å². The van der Waals surface area contributed by atoms with Crippen LogP contribution in [0.1, 0.15) is 21.5 Å². The zero-order valence-electron chi connectivity index (χ0n) is 17.5. The summed E-state index contributed by atoms with van der Waals surface area (Å²) in [6, 6.07) is 13.9. The SMILES string of the molecule is Cn1cc2c3cc(C(=O)NCc4ccncc4)ccc3n(-c3ccc(C(F)(F)F)cc3)c2n1. The van der Waals surface area contributed by atoms with E-state index in [0.717, 1.165) is 34.0 Å². The maximum atomic E-state index is 13.0. The molecule has 9 heteroatoms. The number of carbonyl (C=O) groups is 1. The average molecular weight is 449 g/mol. The van der Waals surface area contributed by atoms with E-state index in [0.29, 0.717) is 23.4 Å². The minimum absolute atomic E-state index is 0.229. The van der Waals surface area contributed by atoms with Crippen LogP contribution in [0.3, 0.4) is 0 Å². The zero-order chi connectivity index (χ0) is 23.2. The first-order valence-corrected chi connectivity index (χ1v) is 10.1.